The first kappa shape index (κ1) is 14.8. The van der Waals surface area contributed by atoms with E-state index in [-0.39, 0.29) is 0 Å². The predicted octanol–water partition coefficient (Wildman–Crippen LogP) is 1.09. The molecule has 0 aliphatic carbocycles. The molecule has 0 radical (unpaired) electrons. The Balaban J connectivity index is 1.61. The van der Waals surface area contributed by atoms with Gasteiger partial charge in [0.2, 0.25) is 0 Å². The second-order valence-electron chi connectivity index (χ2n) is 6.57. The van der Waals surface area contributed by atoms with Gasteiger partial charge in [-0.05, 0) is 51.4 Å². The maximum atomic E-state index is 10.9. The van der Waals surface area contributed by atoms with Crippen molar-refractivity contribution in [2.75, 3.05) is 38.5 Å². The molecule has 1 atom stereocenters. The average Bonchev–Trinajstić information content (AvgIpc) is 2.93. The first-order valence-electron chi connectivity index (χ1n) is 8.01. The zero-order chi connectivity index (χ0) is 14.7. The van der Waals surface area contributed by atoms with Gasteiger partial charge in [0.1, 0.15) is 5.82 Å². The van der Waals surface area contributed by atoms with Crippen molar-refractivity contribution in [1.29, 1.82) is 0 Å². The van der Waals surface area contributed by atoms with E-state index in [1.807, 2.05) is 12.1 Å². The molecule has 0 amide bonds. The van der Waals surface area contributed by atoms with Crippen LogP contribution < -0.4 is 5.73 Å². The molecule has 2 aliphatic rings. The van der Waals surface area contributed by atoms with Crippen LogP contribution in [-0.2, 0) is 6.54 Å². The highest BCUT2D eigenvalue weighted by molar-refractivity contribution is 5.38. The molecule has 1 aromatic rings. The van der Waals surface area contributed by atoms with Crippen molar-refractivity contribution in [2.45, 2.75) is 37.8 Å². The summed E-state index contributed by atoms with van der Waals surface area (Å²) in [6.07, 6.45) is 6.21. The molecule has 0 unspecified atom stereocenters. The van der Waals surface area contributed by atoms with E-state index in [1.54, 1.807) is 6.20 Å². The molecule has 0 saturated carbocycles. The summed E-state index contributed by atoms with van der Waals surface area (Å²) < 4.78 is 0. The molecular weight excluding hydrogens is 264 g/mol. The number of aliphatic hydroxyl groups is 1. The van der Waals surface area contributed by atoms with E-state index in [1.165, 1.54) is 12.8 Å². The van der Waals surface area contributed by atoms with E-state index >= 15 is 0 Å². The van der Waals surface area contributed by atoms with Crippen molar-refractivity contribution in [3.8, 4) is 0 Å². The summed E-state index contributed by atoms with van der Waals surface area (Å²) >= 11 is 0. The fourth-order valence-corrected chi connectivity index (χ4v) is 3.65. The van der Waals surface area contributed by atoms with Crippen LogP contribution in [0.15, 0.2) is 18.3 Å². The third-order valence-corrected chi connectivity index (χ3v) is 4.67. The summed E-state index contributed by atoms with van der Waals surface area (Å²) in [5.41, 5.74) is 6.42. The van der Waals surface area contributed by atoms with Gasteiger partial charge in [-0.2, -0.15) is 0 Å². The van der Waals surface area contributed by atoms with Gasteiger partial charge < -0.3 is 15.7 Å². The van der Waals surface area contributed by atoms with Crippen LogP contribution in [0.3, 0.4) is 0 Å². The van der Waals surface area contributed by atoms with Crippen LogP contribution in [0.1, 0.15) is 31.2 Å². The van der Waals surface area contributed by atoms with E-state index in [2.05, 4.69) is 14.8 Å². The number of nitrogen functional groups attached to an aromatic ring is 1. The lowest BCUT2D eigenvalue weighted by Crippen LogP contribution is -2.53. The van der Waals surface area contributed by atoms with Gasteiger partial charge in [-0.1, -0.05) is 6.07 Å². The zero-order valence-electron chi connectivity index (χ0n) is 12.7. The highest BCUT2D eigenvalue weighted by Gasteiger charge is 2.35. The van der Waals surface area contributed by atoms with Gasteiger partial charge >= 0.3 is 0 Å². The van der Waals surface area contributed by atoms with Gasteiger partial charge in [0.05, 0.1) is 5.60 Å². The Morgan fingerprint density at radius 2 is 1.95 bits per heavy atom. The number of β-amino-alcohol motifs (C(OH)–C–C–N with tert-alkyl or cyclic N) is 1. The predicted molar refractivity (Wildman–Crippen MR) is 83.8 cm³/mol. The minimum atomic E-state index is -0.570. The van der Waals surface area contributed by atoms with Crippen molar-refractivity contribution in [1.82, 2.24) is 14.8 Å². The topological polar surface area (TPSA) is 65.6 Å². The number of hydrogen-bond acceptors (Lipinski definition) is 5. The lowest BCUT2D eigenvalue weighted by Gasteiger charge is -2.41. The number of pyridine rings is 1. The molecule has 3 rings (SSSR count). The summed E-state index contributed by atoms with van der Waals surface area (Å²) in [4.78, 5) is 8.86. The van der Waals surface area contributed by atoms with Gasteiger partial charge in [0.25, 0.3) is 0 Å². The van der Waals surface area contributed by atoms with Crippen LogP contribution in [-0.4, -0.2) is 58.2 Å². The molecule has 2 fully saturated rings. The summed E-state index contributed by atoms with van der Waals surface area (Å²) in [5, 5.41) is 10.9. The number of aromatic nitrogens is 1. The maximum absolute atomic E-state index is 10.9. The maximum Gasteiger partial charge on any atom is 0.127 e. The first-order valence-corrected chi connectivity index (χ1v) is 8.01. The number of anilines is 1. The van der Waals surface area contributed by atoms with E-state index in [4.69, 9.17) is 5.73 Å². The fraction of sp³-hybridized carbons (Fsp3) is 0.688. The molecule has 5 heteroatoms. The summed E-state index contributed by atoms with van der Waals surface area (Å²) in [5.74, 6) is 0.603. The quantitative estimate of drug-likeness (QED) is 0.869. The number of nitrogens with zero attached hydrogens (tertiary/aromatic N) is 3. The third kappa shape index (κ3) is 3.73. The van der Waals surface area contributed by atoms with Crippen molar-refractivity contribution in [3.05, 3.63) is 23.9 Å². The van der Waals surface area contributed by atoms with Crippen LogP contribution in [0.5, 0.6) is 0 Å². The smallest absolute Gasteiger partial charge is 0.127 e. The number of nitrogens with two attached hydrogens (primary N) is 1. The molecular formula is C16H26N4O. The Hall–Kier alpha value is -1.17. The molecule has 3 N–H and O–H groups in total. The first-order chi connectivity index (χ1) is 10.1. The molecule has 1 aromatic heterocycles. The molecule has 0 bridgehead atoms. The molecule has 5 nitrogen and oxygen atoms in total. The van der Waals surface area contributed by atoms with Gasteiger partial charge in [-0.25, -0.2) is 4.98 Å². The SMILES string of the molecule is Nc1ncccc1CN1CCC[C@](O)(CN2CCCC2)C1. The van der Waals surface area contributed by atoms with Gasteiger partial charge in [-0.15, -0.1) is 0 Å². The molecule has 2 saturated heterocycles. The van der Waals surface area contributed by atoms with Gasteiger partial charge in [0, 0.05) is 31.4 Å². The van der Waals surface area contributed by atoms with Crippen molar-refractivity contribution < 1.29 is 5.11 Å². The minimum Gasteiger partial charge on any atom is -0.387 e. The Bertz CT molecular complexity index is 475. The number of piperidine rings is 1. The van der Waals surface area contributed by atoms with Crippen LogP contribution in [0.25, 0.3) is 0 Å². The van der Waals surface area contributed by atoms with Crippen molar-refractivity contribution in [3.63, 3.8) is 0 Å². The van der Waals surface area contributed by atoms with Crippen LogP contribution in [0.2, 0.25) is 0 Å². The van der Waals surface area contributed by atoms with Crippen molar-refractivity contribution in [2.24, 2.45) is 0 Å². The second-order valence-corrected chi connectivity index (χ2v) is 6.57. The van der Waals surface area contributed by atoms with E-state index in [0.29, 0.717) is 5.82 Å². The molecule has 0 spiro atoms. The monoisotopic (exact) mass is 290 g/mol. The van der Waals surface area contributed by atoms with E-state index in [9.17, 15) is 5.11 Å². The van der Waals surface area contributed by atoms with Crippen LogP contribution in [0.4, 0.5) is 5.82 Å². The third-order valence-electron chi connectivity index (χ3n) is 4.67. The lowest BCUT2D eigenvalue weighted by molar-refractivity contribution is -0.0519. The Morgan fingerprint density at radius 1 is 1.19 bits per heavy atom. The minimum absolute atomic E-state index is 0.570. The number of likely N-dealkylation sites (tertiary alicyclic amines) is 2. The Kier molecular flexibility index (Phi) is 4.42. The zero-order valence-corrected chi connectivity index (χ0v) is 12.7. The molecule has 21 heavy (non-hydrogen) atoms. The standard InChI is InChI=1S/C16H26N4O/c17-15-14(5-3-7-18-15)11-20-10-4-6-16(21,13-20)12-19-8-1-2-9-19/h3,5,7,21H,1-2,4,6,8-13H2,(H2,17,18)/t16-/m0/s1. The van der Waals surface area contributed by atoms with Crippen LogP contribution >= 0.6 is 0 Å². The van der Waals surface area contributed by atoms with Gasteiger partial charge in [0.15, 0.2) is 0 Å². The Morgan fingerprint density at radius 3 is 2.71 bits per heavy atom. The largest absolute Gasteiger partial charge is 0.387 e. The lowest BCUT2D eigenvalue weighted by atomic mass is 9.92. The van der Waals surface area contributed by atoms with E-state index in [0.717, 1.165) is 57.7 Å². The fourth-order valence-electron chi connectivity index (χ4n) is 3.65. The highest BCUT2D eigenvalue weighted by Crippen LogP contribution is 2.25. The van der Waals surface area contributed by atoms with E-state index < -0.39 is 5.60 Å². The van der Waals surface area contributed by atoms with Crippen LogP contribution in [0, 0.1) is 0 Å². The number of hydrogen-bond donors (Lipinski definition) is 2. The molecule has 3 heterocycles. The summed E-state index contributed by atoms with van der Waals surface area (Å²) in [7, 11) is 0. The highest BCUT2D eigenvalue weighted by atomic mass is 16.3. The summed E-state index contributed by atoms with van der Waals surface area (Å²) in [6, 6.07) is 3.95. The molecule has 116 valence electrons. The normalized spacial score (nSPS) is 28.0. The van der Waals surface area contributed by atoms with Gasteiger partial charge in [-0.3, -0.25) is 4.90 Å². The second kappa shape index (κ2) is 6.30. The molecule has 2 aliphatic heterocycles. The molecule has 0 aromatic carbocycles. The number of rotatable bonds is 4. The Labute approximate surface area is 126 Å². The van der Waals surface area contributed by atoms with Crippen molar-refractivity contribution >= 4 is 5.82 Å². The summed E-state index contributed by atoms with van der Waals surface area (Å²) in [6.45, 7) is 5.62. The average molecular weight is 290 g/mol.